The molecule has 96 valence electrons. The summed E-state index contributed by atoms with van der Waals surface area (Å²) >= 11 is 0. The fraction of sp³-hybridized carbons (Fsp3) is 0.200. The molecule has 0 atom stereocenters. The summed E-state index contributed by atoms with van der Waals surface area (Å²) in [4.78, 5) is 4.05. The molecule has 8 heteroatoms. The fourth-order valence-electron chi connectivity index (χ4n) is 1.48. The number of anilines is 2. The van der Waals surface area contributed by atoms with Gasteiger partial charge in [0.1, 0.15) is 10.7 Å². The Hall–Kier alpha value is -2.09. The Bertz CT molecular complexity index is 650. The Morgan fingerprint density at radius 1 is 1.39 bits per heavy atom. The van der Waals surface area contributed by atoms with Crippen molar-refractivity contribution in [1.29, 1.82) is 0 Å². The van der Waals surface area contributed by atoms with Gasteiger partial charge in [-0.2, -0.15) is 5.10 Å². The molecule has 0 radical (unpaired) electrons. The molecule has 7 nitrogen and oxygen atoms in total. The van der Waals surface area contributed by atoms with Gasteiger partial charge in [-0.05, 0) is 12.1 Å². The van der Waals surface area contributed by atoms with E-state index in [1.807, 2.05) is 0 Å². The number of nitrogens with zero attached hydrogens (tertiary/aromatic N) is 3. The third-order valence-electron chi connectivity index (χ3n) is 2.25. The van der Waals surface area contributed by atoms with Crippen molar-refractivity contribution in [2.45, 2.75) is 4.90 Å². The van der Waals surface area contributed by atoms with E-state index < -0.39 is 10.0 Å². The first-order valence-electron chi connectivity index (χ1n) is 5.17. The summed E-state index contributed by atoms with van der Waals surface area (Å²) in [5.41, 5.74) is 0.406. The quantitative estimate of drug-likeness (QED) is 0.849. The average Bonchev–Trinajstić information content (AvgIpc) is 2.74. The topological polar surface area (TPSA) is 88.9 Å². The predicted molar refractivity (Wildman–Crippen MR) is 67.8 cm³/mol. The Labute approximate surface area is 105 Å². The molecule has 2 aromatic rings. The molecule has 0 unspecified atom stereocenters. The van der Waals surface area contributed by atoms with Crippen molar-refractivity contribution in [3.05, 3.63) is 30.7 Å². The molecule has 0 spiro atoms. The van der Waals surface area contributed by atoms with Crippen LogP contribution in [0, 0.1) is 0 Å². The number of pyridine rings is 1. The predicted octanol–water partition coefficient (Wildman–Crippen LogP) is 0.658. The van der Waals surface area contributed by atoms with Gasteiger partial charge in [0.25, 0.3) is 10.0 Å². The number of aryl methyl sites for hydroxylation is 1. The first kappa shape index (κ1) is 12.4. The summed E-state index contributed by atoms with van der Waals surface area (Å²) in [5, 5.41) is 6.64. The van der Waals surface area contributed by atoms with Crippen molar-refractivity contribution < 1.29 is 8.42 Å². The third kappa shape index (κ3) is 2.43. The monoisotopic (exact) mass is 267 g/mol. The molecule has 0 fully saturated rings. The summed E-state index contributed by atoms with van der Waals surface area (Å²) in [6.45, 7) is 0. The van der Waals surface area contributed by atoms with Gasteiger partial charge in [-0.3, -0.25) is 9.40 Å². The zero-order valence-corrected chi connectivity index (χ0v) is 10.8. The van der Waals surface area contributed by atoms with Gasteiger partial charge in [0.2, 0.25) is 0 Å². The lowest BCUT2D eigenvalue weighted by Crippen LogP contribution is -2.15. The van der Waals surface area contributed by atoms with E-state index in [-0.39, 0.29) is 4.90 Å². The minimum Gasteiger partial charge on any atom is -0.372 e. The molecule has 0 aliphatic rings. The van der Waals surface area contributed by atoms with Crippen LogP contribution in [-0.4, -0.2) is 30.2 Å². The average molecular weight is 267 g/mol. The summed E-state index contributed by atoms with van der Waals surface area (Å²) in [5.74, 6) is 0.300. The molecular formula is C10H13N5O2S. The molecule has 2 N–H and O–H groups in total. The lowest BCUT2D eigenvalue weighted by molar-refractivity contribution is 0.601. The van der Waals surface area contributed by atoms with Crippen molar-refractivity contribution >= 4 is 21.5 Å². The van der Waals surface area contributed by atoms with Gasteiger partial charge in [-0.15, -0.1) is 0 Å². The lowest BCUT2D eigenvalue weighted by Gasteiger charge is -2.09. The second-order valence-electron chi connectivity index (χ2n) is 3.61. The first-order valence-corrected chi connectivity index (χ1v) is 6.65. The van der Waals surface area contributed by atoms with Crippen LogP contribution in [0.15, 0.2) is 35.6 Å². The van der Waals surface area contributed by atoms with Crippen LogP contribution in [0.2, 0.25) is 0 Å². The zero-order valence-electron chi connectivity index (χ0n) is 9.95. The first-order chi connectivity index (χ1) is 8.53. The Balaban J connectivity index is 2.36. The van der Waals surface area contributed by atoms with Crippen LogP contribution in [0.3, 0.4) is 0 Å². The highest BCUT2D eigenvalue weighted by atomic mass is 32.2. The zero-order chi connectivity index (χ0) is 13.2. The van der Waals surface area contributed by atoms with E-state index in [2.05, 4.69) is 20.1 Å². The van der Waals surface area contributed by atoms with Crippen LogP contribution in [0.5, 0.6) is 0 Å². The smallest absolute Gasteiger partial charge is 0.265 e. The summed E-state index contributed by atoms with van der Waals surface area (Å²) in [7, 11) is -0.345. The molecule has 2 rings (SSSR count). The van der Waals surface area contributed by atoms with Crippen LogP contribution >= 0.6 is 0 Å². The summed E-state index contributed by atoms with van der Waals surface area (Å²) < 4.78 is 28.3. The molecule has 0 aromatic carbocycles. The van der Waals surface area contributed by atoms with Crippen LogP contribution < -0.4 is 10.0 Å². The maximum absolute atomic E-state index is 12.2. The highest BCUT2D eigenvalue weighted by Crippen LogP contribution is 2.20. The molecule has 0 aliphatic heterocycles. The highest BCUT2D eigenvalue weighted by molar-refractivity contribution is 7.92. The maximum atomic E-state index is 12.2. The summed E-state index contributed by atoms with van der Waals surface area (Å²) in [6, 6.07) is 3.05. The van der Waals surface area contributed by atoms with Crippen molar-refractivity contribution in [3.8, 4) is 0 Å². The Kier molecular flexibility index (Phi) is 3.19. The second kappa shape index (κ2) is 4.65. The van der Waals surface area contributed by atoms with Gasteiger partial charge >= 0.3 is 0 Å². The molecule has 0 aliphatic carbocycles. The van der Waals surface area contributed by atoms with Crippen molar-refractivity contribution in [1.82, 2.24) is 14.8 Å². The fourth-order valence-corrected chi connectivity index (χ4v) is 2.67. The van der Waals surface area contributed by atoms with Gasteiger partial charge in [-0.1, -0.05) is 0 Å². The van der Waals surface area contributed by atoms with Crippen molar-refractivity contribution in [3.63, 3.8) is 0 Å². The largest absolute Gasteiger partial charge is 0.372 e. The van der Waals surface area contributed by atoms with E-state index >= 15 is 0 Å². The number of aromatic nitrogens is 3. The molecule has 0 saturated carbocycles. The molecule has 0 saturated heterocycles. The van der Waals surface area contributed by atoms with E-state index in [9.17, 15) is 8.42 Å². The second-order valence-corrected chi connectivity index (χ2v) is 5.26. The minimum absolute atomic E-state index is 0.0938. The lowest BCUT2D eigenvalue weighted by atomic mass is 10.5. The number of hydrogen-bond donors (Lipinski definition) is 2. The van der Waals surface area contributed by atoms with E-state index in [1.54, 1.807) is 26.4 Å². The number of hydrogen-bond acceptors (Lipinski definition) is 5. The molecule has 0 bridgehead atoms. The van der Waals surface area contributed by atoms with Gasteiger partial charge in [0.15, 0.2) is 0 Å². The molecule has 2 aromatic heterocycles. The summed E-state index contributed by atoms with van der Waals surface area (Å²) in [6.07, 6.45) is 4.54. The Morgan fingerprint density at radius 2 is 2.17 bits per heavy atom. The maximum Gasteiger partial charge on any atom is 0.265 e. The van der Waals surface area contributed by atoms with Crippen molar-refractivity contribution in [2.75, 3.05) is 17.1 Å². The van der Waals surface area contributed by atoms with Gasteiger partial charge in [-0.25, -0.2) is 13.4 Å². The van der Waals surface area contributed by atoms with Crippen LogP contribution in [-0.2, 0) is 17.1 Å². The standard InChI is InChI=1S/C10H13N5O2S/c1-11-10-9(4-3-5-12-10)18(16,17)14-8-6-13-15(2)7-8/h3-7,14H,1-2H3,(H,11,12). The molecule has 2 heterocycles. The minimum atomic E-state index is -3.67. The normalized spacial score (nSPS) is 11.2. The van der Waals surface area contributed by atoms with E-state index in [1.165, 1.54) is 23.1 Å². The van der Waals surface area contributed by atoms with Crippen molar-refractivity contribution in [2.24, 2.45) is 7.05 Å². The number of sulfonamides is 1. The van der Waals surface area contributed by atoms with Crippen LogP contribution in [0.4, 0.5) is 11.5 Å². The van der Waals surface area contributed by atoms with E-state index in [0.717, 1.165) is 0 Å². The highest BCUT2D eigenvalue weighted by Gasteiger charge is 2.19. The van der Waals surface area contributed by atoms with Gasteiger partial charge < -0.3 is 5.32 Å². The Morgan fingerprint density at radius 3 is 2.78 bits per heavy atom. The molecule has 0 amide bonds. The third-order valence-corrected chi connectivity index (χ3v) is 3.67. The van der Waals surface area contributed by atoms with Gasteiger partial charge in [0, 0.05) is 26.5 Å². The molecular weight excluding hydrogens is 254 g/mol. The SMILES string of the molecule is CNc1ncccc1S(=O)(=O)Nc1cnn(C)c1. The van der Waals surface area contributed by atoms with E-state index in [0.29, 0.717) is 11.5 Å². The van der Waals surface area contributed by atoms with Gasteiger partial charge in [0.05, 0.1) is 11.9 Å². The number of nitrogens with one attached hydrogen (secondary N) is 2. The van der Waals surface area contributed by atoms with Crippen LogP contribution in [0.25, 0.3) is 0 Å². The number of rotatable bonds is 4. The van der Waals surface area contributed by atoms with E-state index in [4.69, 9.17) is 0 Å². The van der Waals surface area contributed by atoms with Crippen LogP contribution in [0.1, 0.15) is 0 Å². The molecule has 18 heavy (non-hydrogen) atoms.